The molecule has 2 aromatic rings. The van der Waals surface area contributed by atoms with E-state index in [-0.39, 0.29) is 0 Å². The van der Waals surface area contributed by atoms with Crippen LogP contribution in [0.15, 0.2) is 23.7 Å². The third-order valence-corrected chi connectivity index (χ3v) is 3.80. The molecule has 0 radical (unpaired) electrons. The van der Waals surface area contributed by atoms with Crippen LogP contribution in [0.1, 0.15) is 16.0 Å². The highest BCUT2D eigenvalue weighted by Crippen LogP contribution is 2.28. The normalized spacial score (nSPS) is 10.6. The number of hydrogen-bond donors (Lipinski definition) is 0. The standard InChI is InChI=1S/C12H12ClNS/c1-8-3-4-10(5-9(8)2)12-11(6-13)15-7-14-12/h3-5,7H,6H2,1-2H3. The van der Waals surface area contributed by atoms with Gasteiger partial charge in [0.05, 0.1) is 17.1 Å². The van der Waals surface area contributed by atoms with E-state index in [0.717, 1.165) is 16.1 Å². The lowest BCUT2D eigenvalue weighted by molar-refractivity contribution is 1.31. The van der Waals surface area contributed by atoms with Gasteiger partial charge in [-0.15, -0.1) is 22.9 Å². The Morgan fingerprint density at radius 2 is 2.07 bits per heavy atom. The molecule has 0 fully saturated rings. The second-order valence-corrected chi connectivity index (χ2v) is 4.76. The van der Waals surface area contributed by atoms with Crippen LogP contribution in [0.4, 0.5) is 0 Å². The van der Waals surface area contributed by atoms with Crippen molar-refractivity contribution in [1.29, 1.82) is 0 Å². The molecule has 0 amide bonds. The summed E-state index contributed by atoms with van der Waals surface area (Å²) in [5.74, 6) is 0.535. The maximum Gasteiger partial charge on any atom is 0.0855 e. The summed E-state index contributed by atoms with van der Waals surface area (Å²) < 4.78 is 0. The molecule has 0 atom stereocenters. The molecule has 2 rings (SSSR count). The van der Waals surface area contributed by atoms with Crippen molar-refractivity contribution in [3.63, 3.8) is 0 Å². The molecule has 0 bridgehead atoms. The Kier molecular flexibility index (Phi) is 3.08. The van der Waals surface area contributed by atoms with Crippen LogP contribution >= 0.6 is 22.9 Å². The second kappa shape index (κ2) is 4.33. The summed E-state index contributed by atoms with van der Waals surface area (Å²) in [5.41, 5.74) is 6.64. The number of rotatable bonds is 2. The molecule has 78 valence electrons. The maximum absolute atomic E-state index is 5.86. The maximum atomic E-state index is 5.86. The van der Waals surface area contributed by atoms with E-state index in [0.29, 0.717) is 5.88 Å². The Balaban J connectivity index is 2.50. The fourth-order valence-corrected chi connectivity index (χ4v) is 2.44. The van der Waals surface area contributed by atoms with Crippen LogP contribution in [0.5, 0.6) is 0 Å². The van der Waals surface area contributed by atoms with Gasteiger partial charge in [0.15, 0.2) is 0 Å². The number of nitrogens with zero attached hydrogens (tertiary/aromatic N) is 1. The minimum Gasteiger partial charge on any atom is -0.244 e. The number of thiazole rings is 1. The number of halogens is 1. The van der Waals surface area contributed by atoms with E-state index in [4.69, 9.17) is 11.6 Å². The minimum atomic E-state index is 0.535. The average Bonchev–Trinajstić information content (AvgIpc) is 2.70. The molecule has 0 unspecified atom stereocenters. The van der Waals surface area contributed by atoms with Gasteiger partial charge in [0.25, 0.3) is 0 Å². The van der Waals surface area contributed by atoms with Gasteiger partial charge in [-0.3, -0.25) is 0 Å². The van der Waals surface area contributed by atoms with E-state index >= 15 is 0 Å². The molecular formula is C12H12ClNS. The van der Waals surface area contributed by atoms with E-state index in [1.54, 1.807) is 11.3 Å². The van der Waals surface area contributed by atoms with Crippen molar-refractivity contribution in [1.82, 2.24) is 4.98 Å². The zero-order valence-electron chi connectivity index (χ0n) is 8.75. The molecule has 1 aromatic heterocycles. The summed E-state index contributed by atoms with van der Waals surface area (Å²) in [6.07, 6.45) is 0. The first-order chi connectivity index (χ1) is 7.22. The van der Waals surface area contributed by atoms with Crippen molar-refractivity contribution >= 4 is 22.9 Å². The van der Waals surface area contributed by atoms with Gasteiger partial charge in [0.2, 0.25) is 0 Å². The third-order valence-electron chi connectivity index (χ3n) is 2.54. The Labute approximate surface area is 98.7 Å². The van der Waals surface area contributed by atoms with Gasteiger partial charge in [-0.05, 0) is 31.0 Å². The summed E-state index contributed by atoms with van der Waals surface area (Å²) in [5, 5.41) is 0. The lowest BCUT2D eigenvalue weighted by Gasteiger charge is -2.04. The fraction of sp³-hybridized carbons (Fsp3) is 0.250. The number of aryl methyl sites for hydroxylation is 2. The van der Waals surface area contributed by atoms with Crippen LogP contribution in [0.3, 0.4) is 0 Å². The highest BCUT2D eigenvalue weighted by atomic mass is 35.5. The first-order valence-corrected chi connectivity index (χ1v) is 6.19. The van der Waals surface area contributed by atoms with Crippen LogP contribution in [0.2, 0.25) is 0 Å². The largest absolute Gasteiger partial charge is 0.244 e. The van der Waals surface area contributed by atoms with Gasteiger partial charge in [-0.2, -0.15) is 0 Å². The molecule has 0 aliphatic rings. The minimum absolute atomic E-state index is 0.535. The van der Waals surface area contributed by atoms with Crippen LogP contribution < -0.4 is 0 Å². The number of benzene rings is 1. The molecule has 0 saturated carbocycles. The molecule has 0 aliphatic heterocycles. The van der Waals surface area contributed by atoms with Crippen molar-refractivity contribution in [2.24, 2.45) is 0 Å². The SMILES string of the molecule is Cc1ccc(-c2ncsc2CCl)cc1C. The van der Waals surface area contributed by atoms with Gasteiger partial charge >= 0.3 is 0 Å². The summed E-state index contributed by atoms with van der Waals surface area (Å²) in [7, 11) is 0. The quantitative estimate of drug-likeness (QED) is 0.715. The lowest BCUT2D eigenvalue weighted by Crippen LogP contribution is -1.86. The lowest BCUT2D eigenvalue weighted by atomic mass is 10.0. The molecule has 0 N–H and O–H groups in total. The summed E-state index contributed by atoms with van der Waals surface area (Å²) in [6.45, 7) is 4.23. The van der Waals surface area contributed by atoms with Crippen LogP contribution in [0.25, 0.3) is 11.3 Å². The Morgan fingerprint density at radius 1 is 1.27 bits per heavy atom. The van der Waals surface area contributed by atoms with Gasteiger partial charge < -0.3 is 0 Å². The fourth-order valence-electron chi connectivity index (χ4n) is 1.49. The summed E-state index contributed by atoms with van der Waals surface area (Å²) >= 11 is 7.48. The van der Waals surface area contributed by atoms with E-state index in [1.807, 2.05) is 5.51 Å². The predicted octanol–water partition coefficient (Wildman–Crippen LogP) is 4.17. The van der Waals surface area contributed by atoms with Crippen LogP contribution in [0, 0.1) is 13.8 Å². The monoisotopic (exact) mass is 237 g/mol. The van der Waals surface area contributed by atoms with E-state index < -0.39 is 0 Å². The average molecular weight is 238 g/mol. The Hall–Kier alpha value is -0.860. The molecule has 1 heterocycles. The van der Waals surface area contributed by atoms with Crippen molar-refractivity contribution in [2.75, 3.05) is 0 Å². The first-order valence-electron chi connectivity index (χ1n) is 4.78. The number of hydrogen-bond acceptors (Lipinski definition) is 2. The highest BCUT2D eigenvalue weighted by molar-refractivity contribution is 7.10. The zero-order chi connectivity index (χ0) is 10.8. The molecule has 0 spiro atoms. The number of aromatic nitrogens is 1. The van der Waals surface area contributed by atoms with Gasteiger partial charge in [0.1, 0.15) is 0 Å². The van der Waals surface area contributed by atoms with Crippen molar-refractivity contribution in [2.45, 2.75) is 19.7 Å². The van der Waals surface area contributed by atoms with Crippen molar-refractivity contribution < 1.29 is 0 Å². The molecule has 0 saturated heterocycles. The molecule has 15 heavy (non-hydrogen) atoms. The van der Waals surface area contributed by atoms with E-state index in [1.165, 1.54) is 11.1 Å². The summed E-state index contributed by atoms with van der Waals surface area (Å²) in [4.78, 5) is 5.50. The Morgan fingerprint density at radius 3 is 2.73 bits per heavy atom. The second-order valence-electron chi connectivity index (χ2n) is 3.56. The molecule has 0 aliphatic carbocycles. The molecule has 1 nitrogen and oxygen atoms in total. The Bertz CT molecular complexity index is 476. The highest BCUT2D eigenvalue weighted by Gasteiger charge is 2.08. The number of alkyl halides is 1. The third kappa shape index (κ3) is 2.06. The summed E-state index contributed by atoms with van der Waals surface area (Å²) in [6, 6.07) is 6.40. The van der Waals surface area contributed by atoms with Crippen LogP contribution in [-0.4, -0.2) is 4.98 Å². The van der Waals surface area contributed by atoms with Crippen LogP contribution in [-0.2, 0) is 5.88 Å². The van der Waals surface area contributed by atoms with E-state index in [9.17, 15) is 0 Å². The van der Waals surface area contributed by atoms with Gasteiger partial charge in [-0.1, -0.05) is 12.1 Å². The molecule has 3 heteroatoms. The predicted molar refractivity (Wildman–Crippen MR) is 66.6 cm³/mol. The van der Waals surface area contributed by atoms with E-state index in [2.05, 4.69) is 37.0 Å². The first kappa shape index (κ1) is 10.7. The van der Waals surface area contributed by atoms with Gasteiger partial charge in [-0.25, -0.2) is 4.98 Å². The molecule has 1 aromatic carbocycles. The smallest absolute Gasteiger partial charge is 0.0855 e. The van der Waals surface area contributed by atoms with Crippen molar-refractivity contribution in [3.05, 3.63) is 39.7 Å². The zero-order valence-corrected chi connectivity index (χ0v) is 10.3. The van der Waals surface area contributed by atoms with Crippen molar-refractivity contribution in [3.8, 4) is 11.3 Å². The molecular weight excluding hydrogens is 226 g/mol. The topological polar surface area (TPSA) is 12.9 Å². The van der Waals surface area contributed by atoms with Gasteiger partial charge in [0, 0.05) is 10.4 Å².